The van der Waals surface area contributed by atoms with Gasteiger partial charge in [0.1, 0.15) is 10.8 Å². The summed E-state index contributed by atoms with van der Waals surface area (Å²) in [4.78, 5) is 4.35. The number of benzene rings is 1. The zero-order chi connectivity index (χ0) is 14.5. The molecule has 1 heterocycles. The summed E-state index contributed by atoms with van der Waals surface area (Å²) in [7, 11) is 0. The van der Waals surface area contributed by atoms with E-state index in [1.165, 1.54) is 17.4 Å². The molecule has 2 nitrogen and oxygen atoms in total. The molecule has 1 aromatic carbocycles. The van der Waals surface area contributed by atoms with Crippen LogP contribution >= 0.6 is 22.9 Å². The summed E-state index contributed by atoms with van der Waals surface area (Å²) in [5.74, 6) is 0.119. The summed E-state index contributed by atoms with van der Waals surface area (Å²) in [6.45, 7) is 4.32. The maximum absolute atomic E-state index is 14.0. The Kier molecular flexibility index (Phi) is 5.52. The van der Waals surface area contributed by atoms with Crippen LogP contribution in [0.15, 0.2) is 23.6 Å². The first-order valence-electron chi connectivity index (χ1n) is 6.54. The van der Waals surface area contributed by atoms with Gasteiger partial charge in [0, 0.05) is 16.5 Å². The highest BCUT2D eigenvalue weighted by molar-refractivity contribution is 7.13. The number of rotatable bonds is 6. The van der Waals surface area contributed by atoms with Crippen LogP contribution in [0.2, 0.25) is 0 Å². The van der Waals surface area contributed by atoms with Crippen LogP contribution in [-0.2, 0) is 17.2 Å². The van der Waals surface area contributed by atoms with Crippen molar-refractivity contribution in [2.75, 3.05) is 0 Å². The second-order valence-electron chi connectivity index (χ2n) is 4.61. The first kappa shape index (κ1) is 15.4. The first-order valence-corrected chi connectivity index (χ1v) is 7.96. The van der Waals surface area contributed by atoms with Crippen molar-refractivity contribution in [1.29, 1.82) is 0 Å². The van der Waals surface area contributed by atoms with Gasteiger partial charge in [-0.3, -0.25) is 0 Å². The summed E-state index contributed by atoms with van der Waals surface area (Å²) in [5, 5.41) is 2.68. The molecule has 0 radical (unpaired) electrons. The number of halogens is 2. The summed E-state index contributed by atoms with van der Waals surface area (Å²) < 4.78 is 19.6. The lowest BCUT2D eigenvalue weighted by Gasteiger charge is -2.11. The predicted octanol–water partition coefficient (Wildman–Crippen LogP) is 5.00. The van der Waals surface area contributed by atoms with Crippen molar-refractivity contribution in [3.05, 3.63) is 40.7 Å². The van der Waals surface area contributed by atoms with Gasteiger partial charge in [0.05, 0.1) is 24.3 Å². The Balaban J connectivity index is 2.12. The molecule has 0 aliphatic heterocycles. The van der Waals surface area contributed by atoms with Gasteiger partial charge in [0.2, 0.25) is 0 Å². The third-order valence-electron chi connectivity index (χ3n) is 3.09. The van der Waals surface area contributed by atoms with Crippen molar-refractivity contribution in [3.8, 4) is 10.6 Å². The standard InChI is InChI=1S/C15H17ClFNOS/c1-3-10(2)19-8-12-5-4-11(6-14(12)17)15-18-13(7-16)9-20-15/h4-6,9-10H,3,7-8H2,1-2H3. The van der Waals surface area contributed by atoms with E-state index in [2.05, 4.69) is 4.98 Å². The van der Waals surface area contributed by atoms with Gasteiger partial charge in [0.25, 0.3) is 0 Å². The molecule has 1 aromatic heterocycles. The molecule has 0 fully saturated rings. The Morgan fingerprint density at radius 3 is 2.85 bits per heavy atom. The normalized spacial score (nSPS) is 12.6. The Morgan fingerprint density at radius 2 is 2.25 bits per heavy atom. The maximum atomic E-state index is 14.0. The fraction of sp³-hybridized carbons (Fsp3) is 0.400. The first-order chi connectivity index (χ1) is 9.63. The minimum atomic E-state index is -0.256. The molecule has 2 rings (SSSR count). The molecule has 0 amide bonds. The maximum Gasteiger partial charge on any atom is 0.129 e. The van der Waals surface area contributed by atoms with Gasteiger partial charge in [-0.2, -0.15) is 0 Å². The quantitative estimate of drug-likeness (QED) is 0.700. The predicted molar refractivity (Wildman–Crippen MR) is 81.6 cm³/mol. The van der Waals surface area contributed by atoms with E-state index >= 15 is 0 Å². The zero-order valence-corrected chi connectivity index (χ0v) is 13.1. The van der Waals surface area contributed by atoms with Crippen molar-refractivity contribution < 1.29 is 9.13 Å². The Labute approximate surface area is 127 Å². The third-order valence-corrected chi connectivity index (χ3v) is 4.30. The second-order valence-corrected chi connectivity index (χ2v) is 5.74. The van der Waals surface area contributed by atoms with Crippen LogP contribution in [0.4, 0.5) is 4.39 Å². The lowest BCUT2D eigenvalue weighted by atomic mass is 10.1. The van der Waals surface area contributed by atoms with Crippen LogP contribution in [-0.4, -0.2) is 11.1 Å². The van der Waals surface area contributed by atoms with E-state index in [0.29, 0.717) is 18.1 Å². The van der Waals surface area contributed by atoms with Crippen LogP contribution in [0.25, 0.3) is 10.6 Å². The van der Waals surface area contributed by atoms with E-state index in [4.69, 9.17) is 16.3 Å². The minimum Gasteiger partial charge on any atom is -0.374 e. The Morgan fingerprint density at radius 1 is 1.45 bits per heavy atom. The smallest absolute Gasteiger partial charge is 0.129 e. The fourth-order valence-electron chi connectivity index (χ4n) is 1.65. The van der Waals surface area contributed by atoms with Crippen molar-refractivity contribution in [2.24, 2.45) is 0 Å². The number of hydrogen-bond donors (Lipinski definition) is 0. The van der Waals surface area contributed by atoms with Crippen LogP contribution < -0.4 is 0 Å². The highest BCUT2D eigenvalue weighted by Crippen LogP contribution is 2.26. The average Bonchev–Trinajstić information content (AvgIpc) is 2.94. The van der Waals surface area contributed by atoms with Crippen LogP contribution in [0, 0.1) is 5.82 Å². The van der Waals surface area contributed by atoms with Gasteiger partial charge in [-0.1, -0.05) is 19.1 Å². The van der Waals surface area contributed by atoms with Crippen molar-refractivity contribution >= 4 is 22.9 Å². The molecule has 0 aliphatic rings. The van der Waals surface area contributed by atoms with Gasteiger partial charge in [0.15, 0.2) is 0 Å². The summed E-state index contributed by atoms with van der Waals surface area (Å²) in [6, 6.07) is 5.14. The fourth-order valence-corrected chi connectivity index (χ4v) is 2.69. The van der Waals surface area contributed by atoms with Crippen molar-refractivity contribution in [2.45, 2.75) is 38.9 Å². The van der Waals surface area contributed by atoms with Crippen LogP contribution in [0.1, 0.15) is 31.5 Å². The Bertz CT molecular complexity index is 573. The molecule has 0 N–H and O–H groups in total. The lowest BCUT2D eigenvalue weighted by Crippen LogP contribution is -2.07. The molecule has 0 saturated carbocycles. The van der Waals surface area contributed by atoms with E-state index in [-0.39, 0.29) is 11.9 Å². The molecule has 2 aromatic rings. The van der Waals surface area contributed by atoms with Crippen molar-refractivity contribution in [1.82, 2.24) is 4.98 Å². The highest BCUT2D eigenvalue weighted by atomic mass is 35.5. The highest BCUT2D eigenvalue weighted by Gasteiger charge is 2.09. The summed E-state index contributed by atoms with van der Waals surface area (Å²) in [5.41, 5.74) is 2.16. The number of hydrogen-bond acceptors (Lipinski definition) is 3. The van der Waals surface area contributed by atoms with Crippen LogP contribution in [0.3, 0.4) is 0 Å². The Hall–Kier alpha value is -0.970. The van der Waals surface area contributed by atoms with Crippen molar-refractivity contribution in [3.63, 3.8) is 0 Å². The molecular formula is C15H17ClFNOS. The molecule has 0 spiro atoms. The molecule has 0 bridgehead atoms. The van der Waals surface area contributed by atoms with Gasteiger partial charge in [-0.05, 0) is 19.4 Å². The monoisotopic (exact) mass is 313 g/mol. The summed E-state index contributed by atoms with van der Waals surface area (Å²) >= 11 is 7.19. The second kappa shape index (κ2) is 7.16. The van der Waals surface area contributed by atoms with E-state index in [9.17, 15) is 4.39 Å². The SMILES string of the molecule is CCC(C)OCc1ccc(-c2nc(CCl)cs2)cc1F. The van der Waals surface area contributed by atoms with E-state index in [1.54, 1.807) is 6.07 Å². The number of aromatic nitrogens is 1. The topological polar surface area (TPSA) is 22.1 Å². The molecule has 1 unspecified atom stereocenters. The number of nitrogens with zero attached hydrogens (tertiary/aromatic N) is 1. The number of thiazole rings is 1. The molecule has 0 aliphatic carbocycles. The zero-order valence-electron chi connectivity index (χ0n) is 11.5. The average molecular weight is 314 g/mol. The minimum absolute atomic E-state index is 0.138. The van der Waals surface area contributed by atoms with E-state index in [0.717, 1.165) is 22.7 Å². The van der Waals surface area contributed by atoms with Gasteiger partial charge in [-0.15, -0.1) is 22.9 Å². The molecule has 20 heavy (non-hydrogen) atoms. The van der Waals surface area contributed by atoms with Gasteiger partial charge in [-0.25, -0.2) is 9.37 Å². The molecule has 0 saturated heterocycles. The number of alkyl halides is 1. The molecular weight excluding hydrogens is 297 g/mol. The largest absolute Gasteiger partial charge is 0.374 e. The molecule has 5 heteroatoms. The molecule has 108 valence electrons. The van der Waals surface area contributed by atoms with E-state index < -0.39 is 0 Å². The van der Waals surface area contributed by atoms with E-state index in [1.807, 2.05) is 25.3 Å². The lowest BCUT2D eigenvalue weighted by molar-refractivity contribution is 0.0492. The third kappa shape index (κ3) is 3.78. The van der Waals surface area contributed by atoms with Gasteiger partial charge >= 0.3 is 0 Å². The number of ether oxygens (including phenoxy) is 1. The summed E-state index contributed by atoms with van der Waals surface area (Å²) in [6.07, 6.45) is 1.05. The molecule has 1 atom stereocenters. The van der Waals surface area contributed by atoms with Crippen LogP contribution in [0.5, 0.6) is 0 Å². The van der Waals surface area contributed by atoms with Gasteiger partial charge < -0.3 is 4.74 Å².